The molecule has 5 aromatic rings. The van der Waals surface area contributed by atoms with Crippen LogP contribution in [-0.2, 0) is 13.0 Å². The Bertz CT molecular complexity index is 1420. The van der Waals surface area contributed by atoms with Crippen LogP contribution in [0.25, 0.3) is 10.3 Å². The molecule has 0 aliphatic rings. The van der Waals surface area contributed by atoms with Crippen LogP contribution in [0.1, 0.15) is 39.0 Å². The second kappa shape index (κ2) is 9.73. The highest BCUT2D eigenvalue weighted by molar-refractivity contribution is 7.18. The molecule has 8 heteroatoms. The third kappa shape index (κ3) is 4.90. The molecule has 34 heavy (non-hydrogen) atoms. The van der Waals surface area contributed by atoms with Gasteiger partial charge in [0, 0.05) is 24.3 Å². The summed E-state index contributed by atoms with van der Waals surface area (Å²) in [5, 5.41) is 10.4. The standard InChI is InChI=1S/C26H20N6OS/c1-17-4-5-20(15-30-17)13-18-6-8-19(9-7-18)16-33-26-29-12-10-22(32-26)21(14-27)24-31-23-3-2-11-28-25(23)34-24/h2-12,15,21H,13,16H2,1H3. The average Bonchev–Trinajstić information content (AvgIpc) is 3.29. The van der Waals surface area contributed by atoms with Gasteiger partial charge in [0.15, 0.2) is 0 Å². The first-order chi connectivity index (χ1) is 16.7. The summed E-state index contributed by atoms with van der Waals surface area (Å²) in [6, 6.07) is 20.3. The summed E-state index contributed by atoms with van der Waals surface area (Å²) in [7, 11) is 0. The lowest BCUT2D eigenvalue weighted by molar-refractivity contribution is 0.279. The van der Waals surface area contributed by atoms with Gasteiger partial charge in [-0.05, 0) is 54.3 Å². The van der Waals surface area contributed by atoms with E-state index in [1.54, 1.807) is 18.5 Å². The maximum absolute atomic E-state index is 9.79. The fourth-order valence-corrected chi connectivity index (χ4v) is 4.45. The van der Waals surface area contributed by atoms with Gasteiger partial charge < -0.3 is 4.74 Å². The van der Waals surface area contributed by atoms with Crippen molar-refractivity contribution in [1.29, 1.82) is 5.26 Å². The first kappa shape index (κ1) is 21.6. The Labute approximate surface area is 200 Å². The quantitative estimate of drug-likeness (QED) is 0.334. The Balaban J connectivity index is 1.25. The number of thiazole rings is 1. The van der Waals surface area contributed by atoms with Crippen molar-refractivity contribution in [2.45, 2.75) is 25.9 Å². The number of nitriles is 1. The minimum Gasteiger partial charge on any atom is -0.459 e. The van der Waals surface area contributed by atoms with Gasteiger partial charge in [0.25, 0.3) is 0 Å². The molecule has 0 spiro atoms. The Morgan fingerprint density at radius 3 is 2.50 bits per heavy atom. The molecule has 0 amide bonds. The lowest BCUT2D eigenvalue weighted by Crippen LogP contribution is -2.05. The average molecular weight is 465 g/mol. The van der Waals surface area contributed by atoms with E-state index in [0.717, 1.165) is 28.0 Å². The number of hydrogen-bond donors (Lipinski definition) is 0. The van der Waals surface area contributed by atoms with Crippen LogP contribution in [-0.4, -0.2) is 24.9 Å². The zero-order chi connectivity index (χ0) is 23.3. The summed E-state index contributed by atoms with van der Waals surface area (Å²) in [5.41, 5.74) is 5.73. The van der Waals surface area contributed by atoms with Crippen molar-refractivity contribution >= 4 is 21.7 Å². The van der Waals surface area contributed by atoms with Gasteiger partial charge in [0.2, 0.25) is 0 Å². The molecule has 0 fully saturated rings. The summed E-state index contributed by atoms with van der Waals surface area (Å²) in [6.45, 7) is 2.31. The van der Waals surface area contributed by atoms with E-state index in [1.807, 2.05) is 43.5 Å². The highest BCUT2D eigenvalue weighted by Gasteiger charge is 2.21. The number of ether oxygens (including phenoxy) is 1. The number of fused-ring (bicyclic) bond motifs is 1. The molecule has 0 bridgehead atoms. The fraction of sp³-hybridized carbons (Fsp3) is 0.154. The van der Waals surface area contributed by atoms with Gasteiger partial charge >= 0.3 is 6.01 Å². The van der Waals surface area contributed by atoms with Crippen molar-refractivity contribution in [2.24, 2.45) is 0 Å². The van der Waals surface area contributed by atoms with Gasteiger partial charge in [-0.25, -0.2) is 15.0 Å². The second-order valence-electron chi connectivity index (χ2n) is 7.80. The molecule has 166 valence electrons. The molecule has 0 saturated heterocycles. The number of aromatic nitrogens is 5. The Morgan fingerprint density at radius 2 is 1.74 bits per heavy atom. The zero-order valence-electron chi connectivity index (χ0n) is 18.4. The third-order valence-electron chi connectivity index (χ3n) is 5.28. The van der Waals surface area contributed by atoms with Gasteiger partial charge in [-0.3, -0.25) is 4.98 Å². The zero-order valence-corrected chi connectivity index (χ0v) is 19.2. The summed E-state index contributed by atoms with van der Waals surface area (Å²) in [5.74, 6) is -0.611. The number of aryl methyl sites for hydroxylation is 1. The molecule has 4 heterocycles. The van der Waals surface area contributed by atoms with Gasteiger partial charge in [-0.15, -0.1) is 0 Å². The molecular weight excluding hydrogens is 444 g/mol. The normalized spacial score (nSPS) is 11.8. The molecule has 0 N–H and O–H groups in total. The molecule has 0 aliphatic heterocycles. The van der Waals surface area contributed by atoms with E-state index in [1.165, 1.54) is 22.5 Å². The first-order valence-corrected chi connectivity index (χ1v) is 11.6. The summed E-state index contributed by atoms with van der Waals surface area (Å²) < 4.78 is 5.82. The molecule has 1 aromatic carbocycles. The van der Waals surface area contributed by atoms with Crippen molar-refractivity contribution in [3.8, 4) is 12.1 Å². The molecule has 1 unspecified atom stereocenters. The van der Waals surface area contributed by atoms with Crippen LogP contribution >= 0.6 is 11.3 Å². The highest BCUT2D eigenvalue weighted by atomic mass is 32.1. The summed E-state index contributed by atoms with van der Waals surface area (Å²) in [4.78, 5) is 22.7. The number of nitrogens with zero attached hydrogens (tertiary/aromatic N) is 6. The second-order valence-corrected chi connectivity index (χ2v) is 8.80. The minimum absolute atomic E-state index is 0.229. The fourth-order valence-electron chi connectivity index (χ4n) is 3.48. The van der Waals surface area contributed by atoms with Crippen LogP contribution in [0.3, 0.4) is 0 Å². The van der Waals surface area contributed by atoms with E-state index in [2.05, 4.69) is 49.2 Å². The van der Waals surface area contributed by atoms with Crippen LogP contribution in [0.15, 0.2) is 73.2 Å². The van der Waals surface area contributed by atoms with E-state index < -0.39 is 5.92 Å². The lowest BCUT2D eigenvalue weighted by atomic mass is 10.0. The largest absolute Gasteiger partial charge is 0.459 e. The van der Waals surface area contributed by atoms with Crippen LogP contribution in [0.5, 0.6) is 6.01 Å². The third-order valence-corrected chi connectivity index (χ3v) is 6.33. The smallest absolute Gasteiger partial charge is 0.316 e. The van der Waals surface area contributed by atoms with Crippen LogP contribution in [0, 0.1) is 18.3 Å². The van der Waals surface area contributed by atoms with Crippen molar-refractivity contribution in [2.75, 3.05) is 0 Å². The maximum atomic E-state index is 9.79. The van der Waals surface area contributed by atoms with Crippen LogP contribution in [0.4, 0.5) is 0 Å². The Hall–Kier alpha value is -4.22. The number of rotatable bonds is 7. The SMILES string of the molecule is Cc1ccc(Cc2ccc(COc3nccc(C(C#N)c4nc5cccnc5s4)n3)cc2)cn1. The summed E-state index contributed by atoms with van der Waals surface area (Å²) in [6.07, 6.45) is 6.06. The minimum atomic E-state index is -0.611. The highest BCUT2D eigenvalue weighted by Crippen LogP contribution is 2.30. The molecule has 1 atom stereocenters. The molecule has 4 aromatic heterocycles. The van der Waals surface area contributed by atoms with E-state index in [-0.39, 0.29) is 6.01 Å². The predicted octanol–water partition coefficient (Wildman–Crippen LogP) is 5.01. The van der Waals surface area contributed by atoms with Crippen LogP contribution < -0.4 is 4.74 Å². The van der Waals surface area contributed by atoms with Gasteiger partial charge in [0.1, 0.15) is 27.9 Å². The van der Waals surface area contributed by atoms with Crippen LogP contribution in [0.2, 0.25) is 0 Å². The van der Waals surface area contributed by atoms with Gasteiger partial charge in [-0.1, -0.05) is 41.7 Å². The molecular formula is C26H20N6OS. The molecule has 0 aliphatic carbocycles. The van der Waals surface area contributed by atoms with Crippen molar-refractivity contribution < 1.29 is 4.74 Å². The first-order valence-electron chi connectivity index (χ1n) is 10.7. The topological polar surface area (TPSA) is 97.5 Å². The van der Waals surface area contributed by atoms with Crippen molar-refractivity contribution in [1.82, 2.24) is 24.9 Å². The Morgan fingerprint density at radius 1 is 0.912 bits per heavy atom. The molecule has 0 saturated carbocycles. The lowest BCUT2D eigenvalue weighted by Gasteiger charge is -2.09. The molecule has 0 radical (unpaired) electrons. The van der Waals surface area contributed by atoms with Crippen molar-refractivity contribution in [3.63, 3.8) is 0 Å². The van der Waals surface area contributed by atoms with Crippen molar-refractivity contribution in [3.05, 3.63) is 106 Å². The molecule has 5 rings (SSSR count). The van der Waals surface area contributed by atoms with E-state index in [9.17, 15) is 5.26 Å². The summed E-state index contributed by atoms with van der Waals surface area (Å²) >= 11 is 1.39. The van der Waals surface area contributed by atoms with Gasteiger partial charge in [0.05, 0.1) is 11.8 Å². The maximum Gasteiger partial charge on any atom is 0.316 e. The number of pyridine rings is 2. The predicted molar refractivity (Wildman–Crippen MR) is 129 cm³/mol. The van der Waals surface area contributed by atoms with E-state index in [4.69, 9.17) is 4.74 Å². The number of hydrogen-bond acceptors (Lipinski definition) is 8. The van der Waals surface area contributed by atoms with E-state index >= 15 is 0 Å². The van der Waals surface area contributed by atoms with Gasteiger partial charge in [-0.2, -0.15) is 10.2 Å². The Kier molecular flexibility index (Phi) is 6.19. The number of benzene rings is 1. The van der Waals surface area contributed by atoms with E-state index in [0.29, 0.717) is 17.3 Å². The molecule has 7 nitrogen and oxygen atoms in total. The monoisotopic (exact) mass is 464 g/mol.